The fourth-order valence-corrected chi connectivity index (χ4v) is 4.86. The molecule has 0 amide bonds. The van der Waals surface area contributed by atoms with Crippen molar-refractivity contribution in [1.29, 1.82) is 0 Å². The Morgan fingerprint density at radius 1 is 0.933 bits per heavy atom. The molecule has 1 aromatic carbocycles. The number of ether oxygens (including phenoxy) is 1. The molecular formula is C24H30O6. The number of rotatable bonds is 4. The Labute approximate surface area is 176 Å². The number of hydrogen-bond acceptors (Lipinski definition) is 6. The highest BCUT2D eigenvalue weighted by molar-refractivity contribution is 6.09. The number of aromatic hydroxyl groups is 1. The first kappa shape index (κ1) is 22.1. The summed E-state index contributed by atoms with van der Waals surface area (Å²) in [6.45, 7) is 7.54. The van der Waals surface area contributed by atoms with Gasteiger partial charge >= 0.3 is 0 Å². The van der Waals surface area contributed by atoms with Crippen LogP contribution in [0, 0.1) is 16.7 Å². The summed E-state index contributed by atoms with van der Waals surface area (Å²) in [7, 11) is 1.42. The van der Waals surface area contributed by atoms with E-state index in [-0.39, 0.29) is 65.9 Å². The van der Waals surface area contributed by atoms with Crippen LogP contribution in [-0.2, 0) is 14.4 Å². The molecule has 0 radical (unpaired) electrons. The molecule has 30 heavy (non-hydrogen) atoms. The molecule has 2 N–H and O–H groups in total. The molecule has 1 saturated carbocycles. The van der Waals surface area contributed by atoms with Crippen molar-refractivity contribution >= 4 is 17.3 Å². The zero-order valence-electron chi connectivity index (χ0n) is 18.2. The number of benzene rings is 1. The molecular weight excluding hydrogens is 384 g/mol. The van der Waals surface area contributed by atoms with E-state index in [1.807, 2.05) is 27.7 Å². The summed E-state index contributed by atoms with van der Waals surface area (Å²) in [6, 6.07) is 4.59. The van der Waals surface area contributed by atoms with Crippen LogP contribution in [0.5, 0.6) is 11.5 Å². The van der Waals surface area contributed by atoms with Crippen molar-refractivity contribution in [1.82, 2.24) is 0 Å². The van der Waals surface area contributed by atoms with E-state index in [2.05, 4.69) is 0 Å². The van der Waals surface area contributed by atoms with Gasteiger partial charge in [0.25, 0.3) is 0 Å². The first-order chi connectivity index (χ1) is 13.8. The predicted octanol–water partition coefficient (Wildman–Crippen LogP) is 4.26. The number of allylic oxidation sites excluding steroid dienone is 2. The monoisotopic (exact) mass is 414 g/mol. The second-order valence-electron chi connectivity index (χ2n) is 10.1. The number of phenols is 1. The van der Waals surface area contributed by atoms with Crippen molar-refractivity contribution in [2.45, 2.75) is 59.3 Å². The largest absolute Gasteiger partial charge is 0.512 e. The van der Waals surface area contributed by atoms with Gasteiger partial charge in [-0.15, -0.1) is 0 Å². The molecule has 3 rings (SSSR count). The Hall–Kier alpha value is -2.63. The number of hydrogen-bond donors (Lipinski definition) is 2. The lowest BCUT2D eigenvalue weighted by Crippen LogP contribution is -2.43. The fraction of sp³-hybridized carbons (Fsp3) is 0.542. The lowest BCUT2D eigenvalue weighted by atomic mass is 9.62. The summed E-state index contributed by atoms with van der Waals surface area (Å²) in [6.07, 6.45) is 0.935. The molecule has 0 heterocycles. The Balaban J connectivity index is 2.18. The average Bonchev–Trinajstić information content (AvgIpc) is 2.57. The van der Waals surface area contributed by atoms with Crippen molar-refractivity contribution in [2.24, 2.45) is 16.7 Å². The molecule has 0 aliphatic heterocycles. The summed E-state index contributed by atoms with van der Waals surface area (Å²) < 4.78 is 5.10. The summed E-state index contributed by atoms with van der Waals surface area (Å²) in [4.78, 5) is 39.3. The molecule has 0 aromatic heterocycles. The van der Waals surface area contributed by atoms with Gasteiger partial charge in [-0.2, -0.15) is 0 Å². The highest BCUT2D eigenvalue weighted by Gasteiger charge is 2.48. The quantitative estimate of drug-likeness (QED) is 0.714. The van der Waals surface area contributed by atoms with E-state index >= 15 is 0 Å². The molecule has 2 aliphatic rings. The highest BCUT2D eigenvalue weighted by Crippen LogP contribution is 2.48. The standard InChI is InChI=1S/C24H30O6/c1-23(2)9-15(26)21(16(27)10-23)20(13-6-7-19(30-5)14(25)8-13)22-17(28)11-24(3,4)12-18(22)29/h6-8,20-21,25,28H,9-12H2,1-5H3/t20-/m1/s1. The Kier molecular flexibility index (Phi) is 5.56. The van der Waals surface area contributed by atoms with E-state index in [9.17, 15) is 24.6 Å². The van der Waals surface area contributed by atoms with Gasteiger partial charge in [-0.25, -0.2) is 0 Å². The first-order valence-electron chi connectivity index (χ1n) is 10.2. The lowest BCUT2D eigenvalue weighted by molar-refractivity contribution is -0.140. The number of methoxy groups -OCH3 is 1. The van der Waals surface area contributed by atoms with Crippen LogP contribution >= 0.6 is 0 Å². The third kappa shape index (κ3) is 4.13. The zero-order valence-corrected chi connectivity index (χ0v) is 18.2. The molecule has 162 valence electrons. The maximum Gasteiger partial charge on any atom is 0.163 e. The number of carbonyl (C=O) groups excluding carboxylic acids is 3. The minimum atomic E-state index is -1.06. The van der Waals surface area contributed by atoms with Gasteiger partial charge < -0.3 is 14.9 Å². The molecule has 0 saturated heterocycles. The first-order valence-corrected chi connectivity index (χ1v) is 10.2. The summed E-state index contributed by atoms with van der Waals surface area (Å²) in [5, 5.41) is 21.1. The van der Waals surface area contributed by atoms with Crippen LogP contribution in [0.25, 0.3) is 0 Å². The van der Waals surface area contributed by atoms with Crippen molar-refractivity contribution in [3.63, 3.8) is 0 Å². The van der Waals surface area contributed by atoms with Crippen LogP contribution in [0.2, 0.25) is 0 Å². The van der Waals surface area contributed by atoms with Crippen molar-refractivity contribution in [3.8, 4) is 11.5 Å². The summed E-state index contributed by atoms with van der Waals surface area (Å²) in [5.41, 5.74) is -0.286. The number of ketones is 3. The van der Waals surface area contributed by atoms with Crippen LogP contribution in [0.1, 0.15) is 64.9 Å². The predicted molar refractivity (Wildman–Crippen MR) is 112 cm³/mol. The topological polar surface area (TPSA) is 101 Å². The average molecular weight is 414 g/mol. The van der Waals surface area contributed by atoms with Gasteiger partial charge in [0.1, 0.15) is 17.3 Å². The van der Waals surface area contributed by atoms with E-state index in [4.69, 9.17) is 4.74 Å². The summed E-state index contributed by atoms with van der Waals surface area (Å²) >= 11 is 0. The molecule has 0 spiro atoms. The Morgan fingerprint density at radius 2 is 1.50 bits per heavy atom. The molecule has 1 fully saturated rings. The van der Waals surface area contributed by atoms with E-state index in [0.29, 0.717) is 5.56 Å². The highest BCUT2D eigenvalue weighted by atomic mass is 16.5. The Bertz CT molecular complexity index is 917. The molecule has 0 unspecified atom stereocenters. The summed E-state index contributed by atoms with van der Waals surface area (Å²) in [5.74, 6) is -2.73. The van der Waals surface area contributed by atoms with E-state index in [1.165, 1.54) is 19.2 Å². The maximum absolute atomic E-state index is 13.1. The second kappa shape index (κ2) is 7.56. The number of aliphatic hydroxyl groups excluding tert-OH is 1. The van der Waals surface area contributed by atoms with Gasteiger partial charge in [-0.3, -0.25) is 14.4 Å². The third-order valence-electron chi connectivity index (χ3n) is 6.10. The van der Waals surface area contributed by atoms with Crippen molar-refractivity contribution in [2.75, 3.05) is 7.11 Å². The molecule has 1 aromatic rings. The van der Waals surface area contributed by atoms with E-state index < -0.39 is 22.7 Å². The van der Waals surface area contributed by atoms with Crippen LogP contribution in [0.15, 0.2) is 29.5 Å². The van der Waals surface area contributed by atoms with E-state index in [0.717, 1.165) is 0 Å². The maximum atomic E-state index is 13.1. The molecule has 6 heteroatoms. The van der Waals surface area contributed by atoms with Gasteiger partial charge in [0.05, 0.1) is 13.0 Å². The molecule has 0 bridgehead atoms. The van der Waals surface area contributed by atoms with Crippen LogP contribution in [0.4, 0.5) is 0 Å². The lowest BCUT2D eigenvalue weighted by Gasteiger charge is -2.39. The van der Waals surface area contributed by atoms with Gasteiger partial charge in [0.2, 0.25) is 0 Å². The number of phenolic OH excluding ortho intramolecular Hbond substituents is 1. The van der Waals surface area contributed by atoms with Crippen molar-refractivity contribution in [3.05, 3.63) is 35.1 Å². The minimum Gasteiger partial charge on any atom is -0.512 e. The zero-order chi connectivity index (χ0) is 22.4. The normalized spacial score (nSPS) is 22.9. The van der Waals surface area contributed by atoms with Crippen LogP contribution in [0.3, 0.4) is 0 Å². The van der Waals surface area contributed by atoms with Gasteiger partial charge in [0.15, 0.2) is 17.3 Å². The van der Waals surface area contributed by atoms with Gasteiger partial charge in [-0.1, -0.05) is 33.8 Å². The smallest absolute Gasteiger partial charge is 0.163 e. The molecule has 2 aliphatic carbocycles. The fourth-order valence-electron chi connectivity index (χ4n) is 4.86. The minimum absolute atomic E-state index is 0.0815. The number of Topliss-reactive ketones (excluding diaryl/α,β-unsaturated/α-hetero) is 3. The van der Waals surface area contributed by atoms with Gasteiger partial charge in [0, 0.05) is 37.2 Å². The molecule has 1 atom stereocenters. The Morgan fingerprint density at radius 3 is 2.00 bits per heavy atom. The van der Waals surface area contributed by atoms with Crippen molar-refractivity contribution < 1.29 is 29.3 Å². The van der Waals surface area contributed by atoms with E-state index in [1.54, 1.807) is 6.07 Å². The second-order valence-corrected chi connectivity index (χ2v) is 10.1. The molecule has 6 nitrogen and oxygen atoms in total. The SMILES string of the molecule is COc1ccc([C@@H](C2=C(O)CC(C)(C)CC2=O)C2C(=O)CC(C)(C)CC2=O)cc1O. The van der Waals surface area contributed by atoms with Gasteiger partial charge in [-0.05, 0) is 28.5 Å². The third-order valence-corrected chi connectivity index (χ3v) is 6.10. The van der Waals surface area contributed by atoms with Crippen LogP contribution in [-0.4, -0.2) is 34.7 Å². The van der Waals surface area contributed by atoms with Crippen LogP contribution < -0.4 is 4.74 Å². The number of carbonyl (C=O) groups is 3. The number of aliphatic hydroxyl groups is 1.